The van der Waals surface area contributed by atoms with Crippen molar-refractivity contribution in [2.24, 2.45) is 11.7 Å². The molecule has 90 valence electrons. The van der Waals surface area contributed by atoms with E-state index in [2.05, 4.69) is 33.5 Å². The summed E-state index contributed by atoms with van der Waals surface area (Å²) in [6.45, 7) is 8.14. The molecule has 0 aliphatic carbocycles. The first-order valence-electron chi connectivity index (χ1n) is 6.07. The number of rotatable bonds is 4. The molecule has 2 rings (SSSR count). The van der Waals surface area contributed by atoms with Crippen LogP contribution in [0.4, 0.5) is 0 Å². The third-order valence-electron chi connectivity index (χ3n) is 3.68. The maximum atomic E-state index is 5.89. The normalized spacial score (nSPS) is 20.4. The molecule has 0 bridgehead atoms. The van der Waals surface area contributed by atoms with E-state index in [-0.39, 0.29) is 0 Å². The molecule has 2 N–H and O–H groups in total. The van der Waals surface area contributed by atoms with Crippen LogP contribution in [-0.4, -0.2) is 38.8 Å². The lowest BCUT2D eigenvalue weighted by atomic mass is 9.97. The van der Waals surface area contributed by atoms with Crippen LogP contribution in [0.3, 0.4) is 0 Å². The van der Waals surface area contributed by atoms with Crippen LogP contribution in [-0.2, 0) is 13.1 Å². The maximum Gasteiger partial charge on any atom is 0.147 e. The van der Waals surface area contributed by atoms with Crippen LogP contribution < -0.4 is 5.73 Å². The maximum absolute atomic E-state index is 5.89. The summed E-state index contributed by atoms with van der Waals surface area (Å²) < 4.78 is 2.13. The average Bonchev–Trinajstić information content (AvgIpc) is 2.77. The van der Waals surface area contributed by atoms with Crippen molar-refractivity contribution in [2.45, 2.75) is 39.4 Å². The summed E-state index contributed by atoms with van der Waals surface area (Å²) in [5.41, 5.74) is 5.89. The van der Waals surface area contributed by atoms with Gasteiger partial charge in [0.15, 0.2) is 0 Å². The molecule has 0 saturated heterocycles. The fourth-order valence-corrected chi connectivity index (χ4v) is 2.38. The van der Waals surface area contributed by atoms with Crippen molar-refractivity contribution in [1.29, 1.82) is 0 Å². The lowest BCUT2D eigenvalue weighted by Gasteiger charge is -2.36. The first-order chi connectivity index (χ1) is 7.76. The van der Waals surface area contributed by atoms with Crippen molar-refractivity contribution in [3.8, 4) is 0 Å². The summed E-state index contributed by atoms with van der Waals surface area (Å²) in [6.07, 6.45) is 2.98. The highest BCUT2D eigenvalue weighted by Gasteiger charge is 2.26. The molecule has 0 radical (unpaired) electrons. The molecular formula is C11H21N5. The first kappa shape index (κ1) is 11.5. The van der Waals surface area contributed by atoms with E-state index in [1.165, 1.54) is 6.42 Å². The smallest absolute Gasteiger partial charge is 0.147 e. The highest BCUT2D eigenvalue weighted by atomic mass is 15.3. The summed E-state index contributed by atoms with van der Waals surface area (Å²) in [5.74, 6) is 1.70. The molecule has 1 aromatic heterocycles. The summed E-state index contributed by atoms with van der Waals surface area (Å²) >= 11 is 0. The van der Waals surface area contributed by atoms with Crippen LogP contribution in [0.5, 0.6) is 0 Å². The summed E-state index contributed by atoms with van der Waals surface area (Å²) in [4.78, 5) is 2.44. The Morgan fingerprint density at radius 3 is 3.00 bits per heavy atom. The van der Waals surface area contributed by atoms with Gasteiger partial charge in [-0.3, -0.25) is 4.90 Å². The molecule has 0 fully saturated rings. The van der Waals surface area contributed by atoms with Crippen molar-refractivity contribution in [3.63, 3.8) is 0 Å². The molecule has 1 aliphatic rings. The van der Waals surface area contributed by atoms with Gasteiger partial charge in [0.1, 0.15) is 12.2 Å². The van der Waals surface area contributed by atoms with Gasteiger partial charge in [-0.05, 0) is 5.92 Å². The van der Waals surface area contributed by atoms with Crippen LogP contribution in [0, 0.1) is 5.92 Å². The number of fused-ring (bicyclic) bond motifs is 1. The third-order valence-corrected chi connectivity index (χ3v) is 3.68. The van der Waals surface area contributed by atoms with E-state index in [1.807, 2.05) is 6.33 Å². The molecule has 2 unspecified atom stereocenters. The predicted octanol–water partition coefficient (Wildman–Crippen LogP) is 0.467. The molecule has 0 aromatic carbocycles. The van der Waals surface area contributed by atoms with Gasteiger partial charge in [0, 0.05) is 25.7 Å². The van der Waals surface area contributed by atoms with E-state index in [1.54, 1.807) is 0 Å². The quantitative estimate of drug-likeness (QED) is 0.806. The van der Waals surface area contributed by atoms with E-state index in [9.17, 15) is 0 Å². The third kappa shape index (κ3) is 2.10. The van der Waals surface area contributed by atoms with Gasteiger partial charge in [0.2, 0.25) is 0 Å². The summed E-state index contributed by atoms with van der Waals surface area (Å²) in [6, 6.07) is 0.468. The fourth-order valence-electron chi connectivity index (χ4n) is 2.38. The van der Waals surface area contributed by atoms with Gasteiger partial charge in [0.25, 0.3) is 0 Å². The van der Waals surface area contributed by atoms with E-state index >= 15 is 0 Å². The highest BCUT2D eigenvalue weighted by Crippen LogP contribution is 2.18. The second-order valence-corrected chi connectivity index (χ2v) is 4.60. The first-order valence-corrected chi connectivity index (χ1v) is 6.07. The van der Waals surface area contributed by atoms with Crippen LogP contribution in [0.25, 0.3) is 0 Å². The Kier molecular flexibility index (Phi) is 3.56. The molecule has 0 saturated carbocycles. The summed E-state index contributed by atoms with van der Waals surface area (Å²) in [7, 11) is 0. The van der Waals surface area contributed by atoms with Gasteiger partial charge in [-0.1, -0.05) is 20.3 Å². The van der Waals surface area contributed by atoms with E-state index in [0.717, 1.165) is 32.0 Å². The molecule has 2 heterocycles. The predicted molar refractivity (Wildman–Crippen MR) is 62.7 cm³/mol. The standard InChI is InChI=1S/C11H21N5/c1-3-9(2)10(6-12)15-4-5-16-8-13-14-11(16)7-15/h8-10H,3-7,12H2,1-2H3. The Morgan fingerprint density at radius 2 is 2.31 bits per heavy atom. The second-order valence-electron chi connectivity index (χ2n) is 4.60. The van der Waals surface area contributed by atoms with Crippen LogP contribution >= 0.6 is 0 Å². The van der Waals surface area contributed by atoms with Gasteiger partial charge in [-0.15, -0.1) is 10.2 Å². The molecule has 1 aliphatic heterocycles. The van der Waals surface area contributed by atoms with Gasteiger partial charge < -0.3 is 10.3 Å². The van der Waals surface area contributed by atoms with Crippen LogP contribution in [0.15, 0.2) is 6.33 Å². The molecular weight excluding hydrogens is 202 g/mol. The zero-order chi connectivity index (χ0) is 11.5. The van der Waals surface area contributed by atoms with Gasteiger partial charge >= 0.3 is 0 Å². The minimum Gasteiger partial charge on any atom is -0.329 e. The Bertz CT molecular complexity index is 335. The highest BCUT2D eigenvalue weighted by molar-refractivity contribution is 4.92. The van der Waals surface area contributed by atoms with Gasteiger partial charge in [-0.25, -0.2) is 0 Å². The van der Waals surface area contributed by atoms with Crippen LogP contribution in [0.1, 0.15) is 26.1 Å². The lowest BCUT2D eigenvalue weighted by molar-refractivity contribution is 0.115. The topological polar surface area (TPSA) is 60.0 Å². The SMILES string of the molecule is CCC(C)C(CN)N1CCn2cnnc2C1. The number of hydrogen-bond donors (Lipinski definition) is 1. The van der Waals surface area contributed by atoms with E-state index in [4.69, 9.17) is 5.73 Å². The molecule has 2 atom stereocenters. The second kappa shape index (κ2) is 4.93. The lowest BCUT2D eigenvalue weighted by Crippen LogP contribution is -2.48. The Hall–Kier alpha value is -0.940. The van der Waals surface area contributed by atoms with Gasteiger partial charge in [0.05, 0.1) is 6.54 Å². The number of hydrogen-bond acceptors (Lipinski definition) is 4. The van der Waals surface area contributed by atoms with Crippen molar-refractivity contribution in [2.75, 3.05) is 13.1 Å². The number of aromatic nitrogens is 3. The minimum atomic E-state index is 0.468. The van der Waals surface area contributed by atoms with Crippen molar-refractivity contribution < 1.29 is 0 Å². The largest absolute Gasteiger partial charge is 0.329 e. The molecule has 16 heavy (non-hydrogen) atoms. The number of nitrogens with two attached hydrogens (primary N) is 1. The molecule has 5 heteroatoms. The van der Waals surface area contributed by atoms with E-state index in [0.29, 0.717) is 12.0 Å². The van der Waals surface area contributed by atoms with Crippen LogP contribution in [0.2, 0.25) is 0 Å². The molecule has 0 amide bonds. The molecule has 1 aromatic rings. The number of nitrogens with zero attached hydrogens (tertiary/aromatic N) is 4. The Morgan fingerprint density at radius 1 is 1.50 bits per heavy atom. The zero-order valence-corrected chi connectivity index (χ0v) is 10.1. The van der Waals surface area contributed by atoms with Crippen molar-refractivity contribution in [1.82, 2.24) is 19.7 Å². The molecule has 5 nitrogen and oxygen atoms in total. The summed E-state index contributed by atoms with van der Waals surface area (Å²) in [5, 5.41) is 8.08. The van der Waals surface area contributed by atoms with Gasteiger partial charge in [-0.2, -0.15) is 0 Å². The van der Waals surface area contributed by atoms with E-state index < -0.39 is 0 Å². The van der Waals surface area contributed by atoms with Crippen molar-refractivity contribution in [3.05, 3.63) is 12.2 Å². The Labute approximate surface area is 96.6 Å². The van der Waals surface area contributed by atoms with Crippen molar-refractivity contribution >= 4 is 0 Å². The minimum absolute atomic E-state index is 0.468. The monoisotopic (exact) mass is 223 g/mol. The zero-order valence-electron chi connectivity index (χ0n) is 10.1. The Balaban J connectivity index is 2.06. The average molecular weight is 223 g/mol. The fraction of sp³-hybridized carbons (Fsp3) is 0.818. The molecule has 0 spiro atoms.